The first-order valence-electron chi connectivity index (χ1n) is 4.49. The molecule has 0 fully saturated rings. The number of pyridine rings is 1. The molecule has 0 radical (unpaired) electrons. The molecule has 0 amide bonds. The van der Waals surface area contributed by atoms with Crippen LogP contribution < -0.4 is 0 Å². The Morgan fingerprint density at radius 3 is 2.86 bits per heavy atom. The van der Waals surface area contributed by atoms with E-state index in [0.717, 1.165) is 11.0 Å². The van der Waals surface area contributed by atoms with Gasteiger partial charge < -0.3 is 0 Å². The van der Waals surface area contributed by atoms with Crippen molar-refractivity contribution >= 4 is 27.5 Å². The van der Waals surface area contributed by atoms with Gasteiger partial charge in [0.2, 0.25) is 0 Å². The summed E-state index contributed by atoms with van der Waals surface area (Å²) >= 11 is 9.18. The van der Waals surface area contributed by atoms with Crippen LogP contribution in [0.25, 0.3) is 0 Å². The molecular formula is C10H14BrClN2. The molecule has 0 N–H and O–H groups in total. The lowest BCUT2D eigenvalue weighted by Crippen LogP contribution is -2.29. The van der Waals surface area contributed by atoms with Gasteiger partial charge in [-0.2, -0.15) is 0 Å². The van der Waals surface area contributed by atoms with Crippen molar-refractivity contribution in [2.45, 2.75) is 19.5 Å². The first-order valence-corrected chi connectivity index (χ1v) is 5.82. The number of hydrogen-bond donors (Lipinski definition) is 0. The fourth-order valence-corrected chi connectivity index (χ4v) is 1.75. The van der Waals surface area contributed by atoms with Gasteiger partial charge in [-0.1, -0.05) is 0 Å². The van der Waals surface area contributed by atoms with Gasteiger partial charge in [0.15, 0.2) is 0 Å². The third-order valence-electron chi connectivity index (χ3n) is 2.17. The van der Waals surface area contributed by atoms with Gasteiger partial charge in [0.05, 0.1) is 0 Å². The predicted molar refractivity (Wildman–Crippen MR) is 63.6 cm³/mol. The summed E-state index contributed by atoms with van der Waals surface area (Å²) in [4.78, 5) is 6.32. The second-order valence-corrected chi connectivity index (χ2v) is 4.65. The molecule has 0 saturated heterocycles. The monoisotopic (exact) mass is 276 g/mol. The first kappa shape index (κ1) is 12.0. The van der Waals surface area contributed by atoms with Crippen LogP contribution in [-0.2, 0) is 6.54 Å². The minimum Gasteiger partial charge on any atom is -0.298 e. The average molecular weight is 278 g/mol. The number of rotatable bonds is 4. The first-order chi connectivity index (χ1) is 6.63. The summed E-state index contributed by atoms with van der Waals surface area (Å²) in [6.07, 6.45) is 3.66. The van der Waals surface area contributed by atoms with E-state index in [2.05, 4.69) is 45.9 Å². The fraction of sp³-hybridized carbons (Fsp3) is 0.500. The van der Waals surface area contributed by atoms with Gasteiger partial charge in [-0.3, -0.25) is 9.88 Å². The molecule has 1 aromatic heterocycles. The summed E-state index contributed by atoms with van der Waals surface area (Å²) in [6, 6.07) is 2.46. The van der Waals surface area contributed by atoms with Gasteiger partial charge in [-0.05, 0) is 41.5 Å². The van der Waals surface area contributed by atoms with Crippen LogP contribution in [0.2, 0.25) is 0 Å². The third kappa shape index (κ3) is 3.56. The molecule has 0 bridgehead atoms. The van der Waals surface area contributed by atoms with E-state index in [1.54, 1.807) is 6.20 Å². The van der Waals surface area contributed by atoms with Gasteiger partial charge in [-0.25, -0.2) is 0 Å². The summed E-state index contributed by atoms with van der Waals surface area (Å²) in [5, 5.41) is 0. The zero-order valence-corrected chi connectivity index (χ0v) is 10.7. The Morgan fingerprint density at radius 2 is 2.29 bits per heavy atom. The molecule has 1 aromatic rings. The molecule has 0 aliphatic carbocycles. The number of hydrogen-bond acceptors (Lipinski definition) is 2. The standard InChI is InChI=1S/C10H14BrClN2/c1-8(4-12)14(2)7-9-3-10(11)6-13-5-9/h3,5-6,8H,4,7H2,1-2H3. The SMILES string of the molecule is CC(CCl)N(C)Cc1cncc(Br)c1. The Balaban J connectivity index is 2.60. The molecule has 0 aliphatic rings. The maximum Gasteiger partial charge on any atom is 0.0410 e. The quantitative estimate of drug-likeness (QED) is 0.787. The van der Waals surface area contributed by atoms with Crippen LogP contribution in [0.3, 0.4) is 0 Å². The van der Waals surface area contributed by atoms with E-state index in [-0.39, 0.29) is 0 Å². The second kappa shape index (κ2) is 5.69. The van der Waals surface area contributed by atoms with Crippen molar-refractivity contribution in [3.8, 4) is 0 Å². The normalized spacial score (nSPS) is 13.2. The highest BCUT2D eigenvalue weighted by Crippen LogP contribution is 2.12. The van der Waals surface area contributed by atoms with Gasteiger partial charge in [0.25, 0.3) is 0 Å². The Morgan fingerprint density at radius 1 is 1.57 bits per heavy atom. The summed E-state index contributed by atoms with van der Waals surface area (Å²) in [5.41, 5.74) is 1.19. The van der Waals surface area contributed by atoms with E-state index in [0.29, 0.717) is 11.9 Å². The number of nitrogens with zero attached hydrogens (tertiary/aromatic N) is 2. The van der Waals surface area contributed by atoms with Gasteiger partial charge in [0, 0.05) is 35.3 Å². The molecule has 1 heterocycles. The van der Waals surface area contributed by atoms with E-state index in [1.807, 2.05) is 6.20 Å². The average Bonchev–Trinajstić information content (AvgIpc) is 2.16. The van der Waals surface area contributed by atoms with E-state index in [1.165, 1.54) is 5.56 Å². The van der Waals surface area contributed by atoms with Gasteiger partial charge >= 0.3 is 0 Å². The Labute approximate surface area is 98.4 Å². The molecule has 1 rings (SSSR count). The summed E-state index contributed by atoms with van der Waals surface area (Å²) in [6.45, 7) is 2.98. The third-order valence-corrected chi connectivity index (χ3v) is 3.05. The van der Waals surface area contributed by atoms with Crippen molar-refractivity contribution in [2.24, 2.45) is 0 Å². The fourth-order valence-electron chi connectivity index (χ4n) is 1.10. The molecule has 4 heteroatoms. The maximum absolute atomic E-state index is 5.78. The van der Waals surface area contributed by atoms with Crippen molar-refractivity contribution in [3.05, 3.63) is 28.5 Å². The predicted octanol–water partition coefficient (Wildman–Crippen LogP) is 2.90. The smallest absolute Gasteiger partial charge is 0.0410 e. The Bertz CT molecular complexity index is 293. The highest BCUT2D eigenvalue weighted by Gasteiger charge is 2.08. The van der Waals surface area contributed by atoms with Crippen LogP contribution in [0.5, 0.6) is 0 Å². The maximum atomic E-state index is 5.78. The molecule has 0 aromatic carbocycles. The van der Waals surface area contributed by atoms with Gasteiger partial charge in [-0.15, -0.1) is 11.6 Å². The van der Waals surface area contributed by atoms with Crippen LogP contribution in [0.4, 0.5) is 0 Å². The highest BCUT2D eigenvalue weighted by atomic mass is 79.9. The largest absolute Gasteiger partial charge is 0.298 e. The van der Waals surface area contributed by atoms with Crippen LogP contribution >= 0.6 is 27.5 Å². The summed E-state index contributed by atoms with van der Waals surface area (Å²) < 4.78 is 1.02. The number of halogens is 2. The van der Waals surface area contributed by atoms with Crippen LogP contribution in [0, 0.1) is 0 Å². The topological polar surface area (TPSA) is 16.1 Å². The van der Waals surface area contributed by atoms with Crippen molar-refractivity contribution < 1.29 is 0 Å². The molecule has 1 unspecified atom stereocenters. The molecule has 0 spiro atoms. The Hall–Kier alpha value is -0.120. The highest BCUT2D eigenvalue weighted by molar-refractivity contribution is 9.10. The lowest BCUT2D eigenvalue weighted by atomic mass is 10.2. The van der Waals surface area contributed by atoms with Crippen LogP contribution in [0.15, 0.2) is 22.9 Å². The summed E-state index contributed by atoms with van der Waals surface area (Å²) in [5.74, 6) is 0.651. The van der Waals surface area contributed by atoms with E-state index >= 15 is 0 Å². The molecule has 2 nitrogen and oxygen atoms in total. The van der Waals surface area contributed by atoms with Crippen molar-refractivity contribution in [2.75, 3.05) is 12.9 Å². The zero-order valence-electron chi connectivity index (χ0n) is 8.37. The van der Waals surface area contributed by atoms with Crippen LogP contribution in [0.1, 0.15) is 12.5 Å². The van der Waals surface area contributed by atoms with Crippen molar-refractivity contribution in [1.29, 1.82) is 0 Å². The molecular weight excluding hydrogens is 263 g/mol. The van der Waals surface area contributed by atoms with E-state index in [9.17, 15) is 0 Å². The van der Waals surface area contributed by atoms with Crippen molar-refractivity contribution in [1.82, 2.24) is 9.88 Å². The second-order valence-electron chi connectivity index (χ2n) is 3.43. The van der Waals surface area contributed by atoms with Gasteiger partial charge in [0.1, 0.15) is 0 Å². The molecule has 1 atom stereocenters. The lowest BCUT2D eigenvalue weighted by molar-refractivity contribution is 0.268. The molecule has 0 aliphatic heterocycles. The number of aromatic nitrogens is 1. The minimum atomic E-state index is 0.385. The number of alkyl halides is 1. The zero-order chi connectivity index (χ0) is 10.6. The lowest BCUT2D eigenvalue weighted by Gasteiger charge is -2.22. The minimum absolute atomic E-state index is 0.385. The van der Waals surface area contributed by atoms with E-state index in [4.69, 9.17) is 11.6 Å². The van der Waals surface area contributed by atoms with Crippen LogP contribution in [-0.4, -0.2) is 28.9 Å². The van der Waals surface area contributed by atoms with Crippen molar-refractivity contribution in [3.63, 3.8) is 0 Å². The van der Waals surface area contributed by atoms with E-state index < -0.39 is 0 Å². The summed E-state index contributed by atoms with van der Waals surface area (Å²) in [7, 11) is 2.06. The molecule has 14 heavy (non-hydrogen) atoms. The molecule has 0 saturated carbocycles. The Kier molecular flexibility index (Phi) is 4.85. The molecule has 78 valence electrons.